The Morgan fingerprint density at radius 2 is 2.60 bits per heavy atom. The van der Waals surface area contributed by atoms with Gasteiger partial charge in [0.2, 0.25) is 0 Å². The van der Waals surface area contributed by atoms with Crippen LogP contribution in [0.2, 0.25) is 0 Å². The molecule has 0 aliphatic carbocycles. The second kappa shape index (κ2) is 4.18. The maximum atomic E-state index is 5.75. The summed E-state index contributed by atoms with van der Waals surface area (Å²) < 4.78 is 5.30. The number of thiol groups is 1. The van der Waals surface area contributed by atoms with Crippen molar-refractivity contribution in [1.29, 1.82) is 0 Å². The minimum Gasteiger partial charge on any atom is -0.360 e. The molecule has 0 aromatic heterocycles. The topological polar surface area (TPSA) is 47.3 Å². The number of hydrogen-bond acceptors (Lipinski definition) is 4. The van der Waals surface area contributed by atoms with E-state index in [4.69, 9.17) is 10.5 Å². The third-order valence-corrected chi connectivity index (χ3v) is 1.85. The Labute approximate surface area is 66.7 Å². The summed E-state index contributed by atoms with van der Waals surface area (Å²) in [6, 6.07) is 0.0972. The van der Waals surface area contributed by atoms with Gasteiger partial charge in [-0.1, -0.05) is 0 Å². The van der Waals surface area contributed by atoms with E-state index in [1.54, 1.807) is 0 Å². The van der Waals surface area contributed by atoms with Crippen LogP contribution in [0.15, 0.2) is 0 Å². The summed E-state index contributed by atoms with van der Waals surface area (Å²) in [7, 11) is 0. The quantitative estimate of drug-likeness (QED) is 0.494. The van der Waals surface area contributed by atoms with Crippen molar-refractivity contribution < 1.29 is 4.74 Å². The van der Waals surface area contributed by atoms with Gasteiger partial charge in [0.05, 0.1) is 6.61 Å². The van der Waals surface area contributed by atoms with E-state index in [1.165, 1.54) is 0 Å². The minimum absolute atomic E-state index is 0.0622. The first-order chi connectivity index (χ1) is 4.84. The van der Waals surface area contributed by atoms with Crippen molar-refractivity contribution in [2.24, 2.45) is 5.73 Å². The van der Waals surface area contributed by atoms with E-state index in [0.717, 1.165) is 25.3 Å². The largest absolute Gasteiger partial charge is 0.360 e. The highest BCUT2D eigenvalue weighted by Crippen LogP contribution is 2.03. The third-order valence-electron chi connectivity index (χ3n) is 1.60. The molecule has 0 aromatic rings. The SMILES string of the molecule is NC(CCS)C1NCCO1. The van der Waals surface area contributed by atoms with Gasteiger partial charge in [-0.15, -0.1) is 0 Å². The minimum atomic E-state index is 0.0622. The lowest BCUT2D eigenvalue weighted by Crippen LogP contribution is -2.42. The standard InChI is InChI=1S/C6H14N2OS/c7-5(1-4-10)6-8-2-3-9-6/h5-6,8,10H,1-4,7H2. The molecule has 60 valence electrons. The van der Waals surface area contributed by atoms with Gasteiger partial charge < -0.3 is 10.5 Å². The van der Waals surface area contributed by atoms with E-state index < -0.39 is 0 Å². The number of hydrogen-bond donors (Lipinski definition) is 3. The Morgan fingerprint density at radius 3 is 3.10 bits per heavy atom. The zero-order valence-corrected chi connectivity index (χ0v) is 6.81. The third kappa shape index (κ3) is 2.12. The molecule has 1 fully saturated rings. The molecule has 1 aliphatic rings. The van der Waals surface area contributed by atoms with Gasteiger partial charge in [0.15, 0.2) is 0 Å². The van der Waals surface area contributed by atoms with Gasteiger partial charge >= 0.3 is 0 Å². The van der Waals surface area contributed by atoms with Crippen LogP contribution in [0.5, 0.6) is 0 Å². The zero-order valence-electron chi connectivity index (χ0n) is 5.92. The van der Waals surface area contributed by atoms with Crippen molar-refractivity contribution in [3.05, 3.63) is 0 Å². The van der Waals surface area contributed by atoms with Crippen molar-refractivity contribution in [3.63, 3.8) is 0 Å². The summed E-state index contributed by atoms with van der Waals surface area (Å²) in [6.07, 6.45) is 0.966. The predicted octanol–water partition coefficient (Wildman–Crippen LogP) is -0.421. The van der Waals surface area contributed by atoms with Crippen molar-refractivity contribution in [1.82, 2.24) is 5.32 Å². The van der Waals surface area contributed by atoms with Crippen LogP contribution in [0.1, 0.15) is 6.42 Å². The number of ether oxygens (including phenoxy) is 1. The van der Waals surface area contributed by atoms with Crippen LogP contribution >= 0.6 is 12.6 Å². The summed E-state index contributed by atoms with van der Waals surface area (Å²) in [5.41, 5.74) is 5.75. The molecule has 4 heteroatoms. The van der Waals surface area contributed by atoms with E-state index >= 15 is 0 Å². The molecule has 10 heavy (non-hydrogen) atoms. The molecule has 0 spiro atoms. The van der Waals surface area contributed by atoms with Crippen LogP contribution < -0.4 is 11.1 Å². The molecular weight excluding hydrogens is 148 g/mol. The van der Waals surface area contributed by atoms with E-state index in [2.05, 4.69) is 17.9 Å². The lowest BCUT2D eigenvalue weighted by Gasteiger charge is -2.17. The molecule has 1 aliphatic heterocycles. The molecule has 0 amide bonds. The highest BCUT2D eigenvalue weighted by atomic mass is 32.1. The molecule has 1 rings (SSSR count). The van der Waals surface area contributed by atoms with E-state index in [1.807, 2.05) is 0 Å². The summed E-state index contributed by atoms with van der Waals surface area (Å²) in [4.78, 5) is 0. The maximum absolute atomic E-state index is 5.75. The maximum Gasteiger partial charge on any atom is 0.123 e. The Hall–Kier alpha value is 0.230. The Bertz CT molecular complexity index is 95.7. The zero-order chi connectivity index (χ0) is 7.40. The van der Waals surface area contributed by atoms with Crippen LogP contribution in [0.25, 0.3) is 0 Å². The summed E-state index contributed by atoms with van der Waals surface area (Å²) in [5, 5.41) is 3.16. The molecule has 0 bridgehead atoms. The molecule has 2 atom stereocenters. The summed E-state index contributed by atoms with van der Waals surface area (Å²) in [6.45, 7) is 1.70. The van der Waals surface area contributed by atoms with Gasteiger partial charge in [0, 0.05) is 12.6 Å². The predicted molar refractivity (Wildman–Crippen MR) is 44.2 cm³/mol. The van der Waals surface area contributed by atoms with Crippen LogP contribution in [0.4, 0.5) is 0 Å². The van der Waals surface area contributed by atoms with Crippen molar-refractivity contribution in [2.75, 3.05) is 18.9 Å². The first-order valence-electron chi connectivity index (χ1n) is 3.56. The molecule has 0 saturated carbocycles. The second-order valence-corrected chi connectivity index (χ2v) is 2.87. The van der Waals surface area contributed by atoms with Crippen molar-refractivity contribution in [2.45, 2.75) is 18.7 Å². The normalized spacial score (nSPS) is 28.8. The smallest absolute Gasteiger partial charge is 0.123 e. The van der Waals surface area contributed by atoms with Gasteiger partial charge in [-0.2, -0.15) is 12.6 Å². The number of rotatable bonds is 3. The van der Waals surface area contributed by atoms with Crippen LogP contribution in [0.3, 0.4) is 0 Å². The fourth-order valence-electron chi connectivity index (χ4n) is 1.02. The lowest BCUT2D eigenvalue weighted by molar-refractivity contribution is 0.0790. The average Bonchev–Trinajstić information content (AvgIpc) is 2.38. The molecule has 0 aromatic carbocycles. The number of nitrogens with two attached hydrogens (primary N) is 1. The Kier molecular flexibility index (Phi) is 3.48. The number of nitrogens with one attached hydrogen (secondary N) is 1. The fraction of sp³-hybridized carbons (Fsp3) is 1.00. The van der Waals surface area contributed by atoms with Crippen LogP contribution in [-0.2, 0) is 4.74 Å². The highest BCUT2D eigenvalue weighted by Gasteiger charge is 2.20. The molecule has 0 radical (unpaired) electrons. The van der Waals surface area contributed by atoms with Gasteiger partial charge in [-0.3, -0.25) is 5.32 Å². The lowest BCUT2D eigenvalue weighted by atomic mass is 10.2. The van der Waals surface area contributed by atoms with E-state index in [-0.39, 0.29) is 12.3 Å². The molecule has 2 unspecified atom stereocenters. The van der Waals surface area contributed by atoms with Crippen LogP contribution in [-0.4, -0.2) is 31.2 Å². The van der Waals surface area contributed by atoms with Gasteiger partial charge in [0.1, 0.15) is 6.23 Å². The first-order valence-corrected chi connectivity index (χ1v) is 4.19. The van der Waals surface area contributed by atoms with E-state index in [0.29, 0.717) is 0 Å². The molecule has 1 heterocycles. The average molecular weight is 162 g/mol. The molecule has 3 nitrogen and oxygen atoms in total. The summed E-state index contributed by atoms with van der Waals surface area (Å²) >= 11 is 4.09. The van der Waals surface area contributed by atoms with Crippen molar-refractivity contribution >= 4 is 12.6 Å². The van der Waals surface area contributed by atoms with E-state index in [9.17, 15) is 0 Å². The van der Waals surface area contributed by atoms with Gasteiger partial charge in [-0.25, -0.2) is 0 Å². The molecule has 1 saturated heterocycles. The Morgan fingerprint density at radius 1 is 1.80 bits per heavy atom. The fourth-order valence-corrected chi connectivity index (χ4v) is 1.32. The monoisotopic (exact) mass is 162 g/mol. The van der Waals surface area contributed by atoms with Crippen LogP contribution in [0, 0.1) is 0 Å². The molecule has 3 N–H and O–H groups in total. The van der Waals surface area contributed by atoms with Gasteiger partial charge in [-0.05, 0) is 12.2 Å². The Balaban J connectivity index is 2.18. The van der Waals surface area contributed by atoms with Gasteiger partial charge in [0.25, 0.3) is 0 Å². The first kappa shape index (κ1) is 8.33. The molecular formula is C6H14N2OS. The van der Waals surface area contributed by atoms with Crippen molar-refractivity contribution in [3.8, 4) is 0 Å². The summed E-state index contributed by atoms with van der Waals surface area (Å²) in [5.74, 6) is 0.822. The highest BCUT2D eigenvalue weighted by molar-refractivity contribution is 7.80. The second-order valence-electron chi connectivity index (χ2n) is 2.42.